The Kier molecular flexibility index (Phi) is 5.08. The number of aryl methyl sites for hydroxylation is 1. The zero-order valence-corrected chi connectivity index (χ0v) is 9.05. The minimum atomic E-state index is 0.950. The average molecular weight is 193 g/mol. The second kappa shape index (κ2) is 6.44. The summed E-state index contributed by atoms with van der Waals surface area (Å²) >= 11 is 0. The summed E-state index contributed by atoms with van der Waals surface area (Å²) in [5.41, 5.74) is 1.35. The Bertz CT molecular complexity index is 260. The Morgan fingerprint density at radius 2 is 2.21 bits per heavy atom. The van der Waals surface area contributed by atoms with E-state index in [4.69, 9.17) is 4.74 Å². The third-order valence-electron chi connectivity index (χ3n) is 2.20. The highest BCUT2D eigenvalue weighted by molar-refractivity contribution is 5.28. The fourth-order valence-corrected chi connectivity index (χ4v) is 1.42. The van der Waals surface area contributed by atoms with Gasteiger partial charge >= 0.3 is 0 Å². The summed E-state index contributed by atoms with van der Waals surface area (Å²) in [6.45, 7) is 4.28. The van der Waals surface area contributed by atoms with Crippen LogP contribution in [-0.2, 0) is 6.42 Å². The van der Waals surface area contributed by atoms with Crippen molar-refractivity contribution in [2.24, 2.45) is 0 Å². The van der Waals surface area contributed by atoms with Crippen LogP contribution in [0.2, 0.25) is 0 Å². The normalized spacial score (nSPS) is 10.1. The predicted molar refractivity (Wildman–Crippen MR) is 59.9 cm³/mol. The summed E-state index contributed by atoms with van der Waals surface area (Å²) < 4.78 is 5.17. The molecule has 1 N–H and O–H groups in total. The first-order valence-corrected chi connectivity index (χ1v) is 5.20. The van der Waals surface area contributed by atoms with Crippen molar-refractivity contribution in [3.63, 3.8) is 0 Å². The van der Waals surface area contributed by atoms with Gasteiger partial charge in [0.15, 0.2) is 0 Å². The Morgan fingerprint density at radius 1 is 1.36 bits per heavy atom. The number of hydrogen-bond acceptors (Lipinski definition) is 2. The van der Waals surface area contributed by atoms with Gasteiger partial charge in [-0.15, -0.1) is 0 Å². The zero-order valence-electron chi connectivity index (χ0n) is 9.05. The average Bonchev–Trinajstić information content (AvgIpc) is 2.25. The molecule has 0 aliphatic rings. The molecular formula is C12H19NO. The molecule has 1 aromatic carbocycles. The van der Waals surface area contributed by atoms with Crippen molar-refractivity contribution in [3.05, 3.63) is 29.8 Å². The Morgan fingerprint density at radius 3 is 2.93 bits per heavy atom. The third kappa shape index (κ3) is 3.79. The van der Waals surface area contributed by atoms with Crippen LogP contribution >= 0.6 is 0 Å². The number of rotatable bonds is 6. The first-order chi connectivity index (χ1) is 6.86. The minimum absolute atomic E-state index is 0.950. The maximum Gasteiger partial charge on any atom is 0.119 e. The molecule has 1 rings (SSSR count). The van der Waals surface area contributed by atoms with Gasteiger partial charge in [0.1, 0.15) is 5.75 Å². The van der Waals surface area contributed by atoms with Gasteiger partial charge in [-0.3, -0.25) is 0 Å². The van der Waals surface area contributed by atoms with E-state index in [9.17, 15) is 0 Å². The van der Waals surface area contributed by atoms with Gasteiger partial charge in [-0.2, -0.15) is 0 Å². The van der Waals surface area contributed by atoms with Gasteiger partial charge in [0.25, 0.3) is 0 Å². The fourth-order valence-electron chi connectivity index (χ4n) is 1.42. The fraction of sp³-hybridized carbons (Fsp3) is 0.500. The first kappa shape index (κ1) is 11.1. The lowest BCUT2D eigenvalue weighted by molar-refractivity contribution is 0.414. The molecule has 0 amide bonds. The molecule has 0 fully saturated rings. The second-order valence-corrected chi connectivity index (χ2v) is 3.31. The van der Waals surface area contributed by atoms with E-state index in [1.807, 2.05) is 12.1 Å². The van der Waals surface area contributed by atoms with Crippen molar-refractivity contribution in [2.75, 3.05) is 20.2 Å². The van der Waals surface area contributed by atoms with E-state index in [0.717, 1.165) is 25.3 Å². The summed E-state index contributed by atoms with van der Waals surface area (Å²) in [5, 5.41) is 3.32. The monoisotopic (exact) mass is 193 g/mol. The van der Waals surface area contributed by atoms with E-state index in [-0.39, 0.29) is 0 Å². The lowest BCUT2D eigenvalue weighted by atomic mass is 10.1. The second-order valence-electron chi connectivity index (χ2n) is 3.31. The Labute approximate surface area is 86.3 Å². The van der Waals surface area contributed by atoms with Crippen LogP contribution in [0.5, 0.6) is 5.75 Å². The molecule has 2 nitrogen and oxygen atoms in total. The van der Waals surface area contributed by atoms with Crippen molar-refractivity contribution in [2.45, 2.75) is 19.8 Å². The van der Waals surface area contributed by atoms with Gasteiger partial charge in [-0.05, 0) is 43.6 Å². The molecular weight excluding hydrogens is 174 g/mol. The third-order valence-corrected chi connectivity index (χ3v) is 2.20. The Balaban J connectivity index is 2.34. The van der Waals surface area contributed by atoms with Gasteiger partial charge in [0.2, 0.25) is 0 Å². The lowest BCUT2D eigenvalue weighted by Gasteiger charge is -2.04. The van der Waals surface area contributed by atoms with Gasteiger partial charge in [0.05, 0.1) is 7.11 Å². The van der Waals surface area contributed by atoms with Crippen molar-refractivity contribution in [1.29, 1.82) is 0 Å². The van der Waals surface area contributed by atoms with Crippen molar-refractivity contribution < 1.29 is 4.74 Å². The van der Waals surface area contributed by atoms with Crippen LogP contribution in [0.25, 0.3) is 0 Å². The summed E-state index contributed by atoms with van der Waals surface area (Å²) in [6, 6.07) is 8.27. The molecule has 0 saturated heterocycles. The molecule has 0 spiro atoms. The van der Waals surface area contributed by atoms with Gasteiger partial charge in [0, 0.05) is 0 Å². The molecule has 0 saturated carbocycles. The Hall–Kier alpha value is -1.02. The van der Waals surface area contributed by atoms with E-state index in [0.29, 0.717) is 0 Å². The van der Waals surface area contributed by atoms with E-state index in [1.165, 1.54) is 12.0 Å². The minimum Gasteiger partial charge on any atom is -0.497 e. The van der Waals surface area contributed by atoms with E-state index < -0.39 is 0 Å². The van der Waals surface area contributed by atoms with Crippen LogP contribution in [0.15, 0.2) is 24.3 Å². The zero-order chi connectivity index (χ0) is 10.2. The summed E-state index contributed by atoms with van der Waals surface area (Å²) in [7, 11) is 1.71. The number of nitrogens with one attached hydrogen (secondary N) is 1. The summed E-state index contributed by atoms with van der Waals surface area (Å²) in [4.78, 5) is 0. The van der Waals surface area contributed by atoms with Crippen molar-refractivity contribution in [3.8, 4) is 5.75 Å². The molecule has 0 bridgehead atoms. The largest absolute Gasteiger partial charge is 0.497 e. The lowest BCUT2D eigenvalue weighted by Crippen LogP contribution is -2.14. The highest BCUT2D eigenvalue weighted by atomic mass is 16.5. The van der Waals surface area contributed by atoms with Crippen LogP contribution in [0.4, 0.5) is 0 Å². The molecule has 1 aromatic rings. The number of ether oxygens (including phenoxy) is 1. The van der Waals surface area contributed by atoms with E-state index >= 15 is 0 Å². The molecule has 0 unspecified atom stereocenters. The van der Waals surface area contributed by atoms with Crippen LogP contribution in [0, 0.1) is 0 Å². The maximum atomic E-state index is 5.17. The van der Waals surface area contributed by atoms with Crippen LogP contribution < -0.4 is 10.1 Å². The van der Waals surface area contributed by atoms with Gasteiger partial charge in [-0.25, -0.2) is 0 Å². The quantitative estimate of drug-likeness (QED) is 0.700. The number of hydrogen-bond donors (Lipinski definition) is 1. The SMILES string of the molecule is CCNCCCc1cccc(OC)c1. The molecule has 0 aliphatic heterocycles. The maximum absolute atomic E-state index is 5.17. The van der Waals surface area contributed by atoms with Crippen LogP contribution in [-0.4, -0.2) is 20.2 Å². The molecule has 0 aromatic heterocycles. The predicted octanol–water partition coefficient (Wildman–Crippen LogP) is 2.24. The number of benzene rings is 1. The van der Waals surface area contributed by atoms with Gasteiger partial charge < -0.3 is 10.1 Å². The molecule has 14 heavy (non-hydrogen) atoms. The van der Waals surface area contributed by atoms with Gasteiger partial charge in [-0.1, -0.05) is 19.1 Å². The molecule has 0 aliphatic carbocycles. The summed E-state index contributed by atoms with van der Waals surface area (Å²) in [5.74, 6) is 0.950. The highest BCUT2D eigenvalue weighted by Gasteiger charge is 1.95. The smallest absolute Gasteiger partial charge is 0.119 e. The van der Waals surface area contributed by atoms with Crippen LogP contribution in [0.3, 0.4) is 0 Å². The first-order valence-electron chi connectivity index (χ1n) is 5.20. The van der Waals surface area contributed by atoms with Crippen molar-refractivity contribution in [1.82, 2.24) is 5.32 Å². The van der Waals surface area contributed by atoms with E-state index in [1.54, 1.807) is 7.11 Å². The molecule has 0 heterocycles. The summed E-state index contributed by atoms with van der Waals surface area (Å²) in [6.07, 6.45) is 2.30. The molecule has 78 valence electrons. The molecule has 0 atom stereocenters. The van der Waals surface area contributed by atoms with Crippen molar-refractivity contribution >= 4 is 0 Å². The molecule has 2 heteroatoms. The number of methoxy groups -OCH3 is 1. The van der Waals surface area contributed by atoms with Crippen LogP contribution in [0.1, 0.15) is 18.9 Å². The topological polar surface area (TPSA) is 21.3 Å². The standard InChI is InChI=1S/C12H19NO/c1-3-13-9-5-7-11-6-4-8-12(10-11)14-2/h4,6,8,10,13H,3,5,7,9H2,1-2H3. The molecule has 0 radical (unpaired) electrons. The van der Waals surface area contributed by atoms with E-state index in [2.05, 4.69) is 24.4 Å². The highest BCUT2D eigenvalue weighted by Crippen LogP contribution is 2.13.